The number of esters is 1. The maximum Gasteiger partial charge on any atom is 0.328 e. The zero-order valence-electron chi connectivity index (χ0n) is 7.67. The Kier molecular flexibility index (Phi) is 2.69. The fourth-order valence-electron chi connectivity index (χ4n) is 1.03. The Morgan fingerprint density at radius 1 is 1.54 bits per heavy atom. The Morgan fingerprint density at radius 3 is 2.62 bits per heavy atom. The third-order valence-corrected chi connectivity index (χ3v) is 2.96. The van der Waals surface area contributed by atoms with Crippen molar-refractivity contribution in [1.82, 2.24) is 0 Å². The molecule has 0 aromatic carbocycles. The summed E-state index contributed by atoms with van der Waals surface area (Å²) in [6.45, 7) is 10.6. The number of carbonyl (C=O) groups excluding carboxylic acids is 1. The van der Waals surface area contributed by atoms with Gasteiger partial charge in [0.05, 0.1) is 19.2 Å². The molecule has 0 atom stereocenters. The van der Waals surface area contributed by atoms with E-state index in [1.165, 1.54) is 18.4 Å². The number of methoxy groups -OCH3 is 1. The predicted octanol–water partition coefficient (Wildman–Crippen LogP) is 2.70. The van der Waals surface area contributed by atoms with Gasteiger partial charge in [-0.3, -0.25) is 0 Å². The lowest BCUT2D eigenvalue weighted by Crippen LogP contribution is -2.01. The lowest BCUT2D eigenvalue weighted by atomic mass is 10.2. The first-order chi connectivity index (χ1) is 6.11. The summed E-state index contributed by atoms with van der Waals surface area (Å²) in [5.41, 5.74) is 1.27. The smallest absolute Gasteiger partial charge is 0.328 e. The topological polar surface area (TPSA) is 30.7 Å². The molecule has 68 valence electrons. The van der Waals surface area contributed by atoms with E-state index in [0.29, 0.717) is 10.6 Å². The van der Waals surface area contributed by atoms with Crippen LogP contribution >= 0.6 is 11.3 Å². The van der Waals surface area contributed by atoms with E-state index in [1.807, 2.05) is 13.8 Å². The Labute approximate surface area is 80.8 Å². The normalized spacial score (nSPS) is 9.38. The zero-order chi connectivity index (χ0) is 10.0. The van der Waals surface area contributed by atoms with E-state index >= 15 is 0 Å². The molecule has 1 rings (SSSR count). The second-order valence-corrected chi connectivity index (χ2v) is 3.77. The van der Waals surface area contributed by atoms with Gasteiger partial charge in [-0.05, 0) is 24.3 Å². The first kappa shape index (κ1) is 9.75. The van der Waals surface area contributed by atoms with Crippen LogP contribution in [-0.2, 0) is 4.74 Å². The highest BCUT2D eigenvalue weighted by Crippen LogP contribution is 2.34. The fraction of sp³-hybridized carbons (Fsp3) is 0.333. The minimum absolute atomic E-state index is 0.417. The number of hydrogen-bond donors (Lipinski definition) is 0. The SMILES string of the molecule is [C-]#[N+]c1sc(C)c(C)c1C(=O)OC. The minimum atomic E-state index is -0.423. The van der Waals surface area contributed by atoms with E-state index in [1.54, 1.807) is 0 Å². The molecule has 13 heavy (non-hydrogen) atoms. The van der Waals surface area contributed by atoms with E-state index < -0.39 is 5.97 Å². The highest BCUT2D eigenvalue weighted by molar-refractivity contribution is 7.16. The minimum Gasteiger partial charge on any atom is -0.466 e. The number of hydrogen-bond acceptors (Lipinski definition) is 3. The van der Waals surface area contributed by atoms with Crippen molar-refractivity contribution in [3.05, 3.63) is 27.4 Å². The number of rotatable bonds is 1. The molecule has 1 aromatic heterocycles. The zero-order valence-corrected chi connectivity index (χ0v) is 8.49. The highest BCUT2D eigenvalue weighted by atomic mass is 32.1. The molecule has 0 aliphatic carbocycles. The Morgan fingerprint density at radius 2 is 2.15 bits per heavy atom. The molecule has 0 saturated carbocycles. The van der Waals surface area contributed by atoms with E-state index in [2.05, 4.69) is 9.58 Å². The van der Waals surface area contributed by atoms with Crippen molar-refractivity contribution < 1.29 is 9.53 Å². The molecular weight excluding hydrogens is 186 g/mol. The lowest BCUT2D eigenvalue weighted by Gasteiger charge is -1.98. The Bertz CT molecular complexity index is 387. The summed E-state index contributed by atoms with van der Waals surface area (Å²) in [5.74, 6) is -0.423. The van der Waals surface area contributed by atoms with Crippen molar-refractivity contribution in [2.45, 2.75) is 13.8 Å². The number of nitrogens with zero attached hydrogens (tertiary/aromatic N) is 1. The van der Waals surface area contributed by atoms with Crippen LogP contribution in [0.25, 0.3) is 4.85 Å². The Balaban J connectivity index is 3.34. The molecule has 4 heteroatoms. The molecule has 0 spiro atoms. The predicted molar refractivity (Wildman–Crippen MR) is 51.4 cm³/mol. The van der Waals surface area contributed by atoms with Crippen molar-refractivity contribution in [2.75, 3.05) is 7.11 Å². The summed E-state index contributed by atoms with van der Waals surface area (Å²) in [5, 5.41) is 0.418. The molecular formula is C9H9NO2S. The second kappa shape index (κ2) is 3.58. The van der Waals surface area contributed by atoms with E-state index in [0.717, 1.165) is 10.4 Å². The molecule has 3 nitrogen and oxygen atoms in total. The maximum atomic E-state index is 11.3. The third-order valence-electron chi connectivity index (χ3n) is 1.86. The van der Waals surface area contributed by atoms with Crippen LogP contribution in [0, 0.1) is 20.4 Å². The molecule has 1 heterocycles. The molecule has 0 bridgehead atoms. The van der Waals surface area contributed by atoms with Crippen molar-refractivity contribution in [1.29, 1.82) is 0 Å². The van der Waals surface area contributed by atoms with Gasteiger partial charge in [-0.2, -0.15) is 11.3 Å². The van der Waals surface area contributed by atoms with E-state index in [-0.39, 0.29) is 0 Å². The standard InChI is InChI=1S/C9H9NO2S/c1-5-6(2)13-8(10-3)7(5)9(11)12-4/h1-2,4H3. The van der Waals surface area contributed by atoms with Crippen LogP contribution in [0.2, 0.25) is 0 Å². The molecule has 0 amide bonds. The first-order valence-electron chi connectivity index (χ1n) is 3.67. The number of ether oxygens (including phenoxy) is 1. The molecule has 0 N–H and O–H groups in total. The van der Waals surface area contributed by atoms with Crippen molar-refractivity contribution in [3.63, 3.8) is 0 Å². The Hall–Kier alpha value is -1.34. The first-order valence-corrected chi connectivity index (χ1v) is 4.49. The van der Waals surface area contributed by atoms with Crippen LogP contribution < -0.4 is 0 Å². The molecule has 0 unspecified atom stereocenters. The summed E-state index contributed by atoms with van der Waals surface area (Å²) in [4.78, 5) is 15.5. The average molecular weight is 195 g/mol. The quantitative estimate of drug-likeness (QED) is 0.509. The number of thiophene rings is 1. The molecule has 0 aliphatic rings. The van der Waals surface area contributed by atoms with Crippen molar-refractivity contribution in [3.8, 4) is 0 Å². The molecule has 0 radical (unpaired) electrons. The maximum absolute atomic E-state index is 11.3. The number of carbonyl (C=O) groups is 1. The summed E-state index contributed by atoms with van der Waals surface area (Å²) < 4.78 is 4.60. The van der Waals surface area contributed by atoms with Crippen LogP contribution in [0.4, 0.5) is 5.00 Å². The third kappa shape index (κ3) is 1.56. The largest absolute Gasteiger partial charge is 0.466 e. The van der Waals surface area contributed by atoms with Gasteiger partial charge >= 0.3 is 5.97 Å². The van der Waals surface area contributed by atoms with Crippen LogP contribution in [-0.4, -0.2) is 13.1 Å². The summed E-state index contributed by atoms with van der Waals surface area (Å²) in [6, 6.07) is 0. The van der Waals surface area contributed by atoms with Gasteiger partial charge in [0.2, 0.25) is 0 Å². The van der Waals surface area contributed by atoms with Gasteiger partial charge in [0.1, 0.15) is 0 Å². The van der Waals surface area contributed by atoms with Gasteiger partial charge in [0.15, 0.2) is 0 Å². The van der Waals surface area contributed by atoms with Gasteiger partial charge in [0.25, 0.3) is 5.00 Å². The molecule has 0 fully saturated rings. The van der Waals surface area contributed by atoms with Gasteiger partial charge in [-0.1, -0.05) is 0 Å². The monoisotopic (exact) mass is 195 g/mol. The van der Waals surface area contributed by atoms with Gasteiger partial charge in [-0.25, -0.2) is 9.64 Å². The van der Waals surface area contributed by atoms with Gasteiger partial charge < -0.3 is 4.74 Å². The molecule has 1 aromatic rings. The van der Waals surface area contributed by atoms with Crippen molar-refractivity contribution >= 4 is 22.3 Å². The van der Waals surface area contributed by atoms with Crippen LogP contribution in [0.5, 0.6) is 0 Å². The highest BCUT2D eigenvalue weighted by Gasteiger charge is 2.19. The molecule has 0 aliphatic heterocycles. The lowest BCUT2D eigenvalue weighted by molar-refractivity contribution is 0.0601. The molecule has 0 saturated heterocycles. The summed E-state index contributed by atoms with van der Waals surface area (Å²) in [7, 11) is 1.32. The second-order valence-electron chi connectivity index (χ2n) is 2.57. The van der Waals surface area contributed by atoms with Gasteiger partial charge in [0, 0.05) is 0 Å². The van der Waals surface area contributed by atoms with Crippen LogP contribution in [0.1, 0.15) is 20.8 Å². The summed E-state index contributed by atoms with van der Waals surface area (Å²) >= 11 is 1.33. The summed E-state index contributed by atoms with van der Waals surface area (Å²) in [6.07, 6.45) is 0. The van der Waals surface area contributed by atoms with Gasteiger partial charge in [-0.15, -0.1) is 0 Å². The van der Waals surface area contributed by atoms with E-state index in [4.69, 9.17) is 6.57 Å². The fourth-order valence-corrected chi connectivity index (χ4v) is 1.96. The van der Waals surface area contributed by atoms with Crippen LogP contribution in [0.3, 0.4) is 0 Å². The number of aryl methyl sites for hydroxylation is 1. The van der Waals surface area contributed by atoms with Crippen molar-refractivity contribution in [2.24, 2.45) is 0 Å². The average Bonchev–Trinajstić information content (AvgIpc) is 2.42. The van der Waals surface area contributed by atoms with E-state index in [9.17, 15) is 4.79 Å². The van der Waals surface area contributed by atoms with Crippen LogP contribution in [0.15, 0.2) is 0 Å².